The summed E-state index contributed by atoms with van der Waals surface area (Å²) in [5.74, 6) is -0.947. The van der Waals surface area contributed by atoms with E-state index >= 15 is 0 Å². The predicted octanol–water partition coefficient (Wildman–Crippen LogP) is 4.79. The van der Waals surface area contributed by atoms with Crippen molar-refractivity contribution in [2.24, 2.45) is 0 Å². The summed E-state index contributed by atoms with van der Waals surface area (Å²) in [7, 11) is 0. The number of carbonyl (C=O) groups is 1. The minimum Gasteiger partial charge on any atom is -0.492 e. The van der Waals surface area contributed by atoms with E-state index in [4.69, 9.17) is 4.74 Å². The summed E-state index contributed by atoms with van der Waals surface area (Å²) in [5.41, 5.74) is 4.04. The zero-order valence-electron chi connectivity index (χ0n) is 19.3. The quantitative estimate of drug-likeness (QED) is 0.539. The first kappa shape index (κ1) is 22.8. The fraction of sp³-hybridized carbons (Fsp3) is 0.346. The van der Waals surface area contributed by atoms with Crippen LogP contribution in [0.25, 0.3) is 0 Å². The van der Waals surface area contributed by atoms with Crippen molar-refractivity contribution in [3.63, 3.8) is 0 Å². The van der Waals surface area contributed by atoms with Gasteiger partial charge in [0.25, 0.3) is 5.91 Å². The number of rotatable bonds is 6. The zero-order valence-corrected chi connectivity index (χ0v) is 19.3. The Morgan fingerprint density at radius 1 is 0.970 bits per heavy atom. The number of benzene rings is 2. The Hall–Kier alpha value is -3.35. The highest BCUT2D eigenvalue weighted by Crippen LogP contribution is 2.29. The van der Waals surface area contributed by atoms with Gasteiger partial charge < -0.3 is 19.1 Å². The number of aryl methyl sites for hydroxylation is 2. The number of para-hydroxylation sites is 2. The van der Waals surface area contributed by atoms with Crippen LogP contribution in [0.1, 0.15) is 34.2 Å². The SMILES string of the molecule is CCOc1ccccc1N1CCN(C(=O)c2c(C)cc(C)n2Cc2ccc(F)c(F)c2)CC1. The largest absolute Gasteiger partial charge is 0.492 e. The average Bonchev–Trinajstić information content (AvgIpc) is 3.09. The first-order valence-corrected chi connectivity index (χ1v) is 11.3. The lowest BCUT2D eigenvalue weighted by atomic mass is 10.2. The van der Waals surface area contributed by atoms with E-state index in [2.05, 4.69) is 4.90 Å². The summed E-state index contributed by atoms with van der Waals surface area (Å²) in [6.07, 6.45) is 0. The van der Waals surface area contributed by atoms with Crippen LogP contribution in [0.4, 0.5) is 14.5 Å². The van der Waals surface area contributed by atoms with E-state index in [1.165, 1.54) is 6.07 Å². The van der Waals surface area contributed by atoms with Crippen molar-refractivity contribution in [3.8, 4) is 5.75 Å². The van der Waals surface area contributed by atoms with Gasteiger partial charge in [0.05, 0.1) is 12.3 Å². The number of ether oxygens (including phenoxy) is 1. The van der Waals surface area contributed by atoms with Crippen LogP contribution in [0.2, 0.25) is 0 Å². The van der Waals surface area contributed by atoms with Gasteiger partial charge in [-0.1, -0.05) is 18.2 Å². The number of hydrogen-bond acceptors (Lipinski definition) is 3. The molecule has 1 fully saturated rings. The minimum absolute atomic E-state index is 0.0408. The van der Waals surface area contributed by atoms with Crippen LogP contribution < -0.4 is 9.64 Å². The third-order valence-corrected chi connectivity index (χ3v) is 6.09. The minimum atomic E-state index is -0.884. The van der Waals surface area contributed by atoms with Crippen molar-refractivity contribution in [2.45, 2.75) is 27.3 Å². The molecule has 2 aromatic carbocycles. The van der Waals surface area contributed by atoms with Gasteiger partial charge in [0.2, 0.25) is 0 Å². The molecule has 7 heteroatoms. The summed E-state index contributed by atoms with van der Waals surface area (Å²) in [5, 5.41) is 0. The van der Waals surface area contributed by atoms with E-state index in [0.717, 1.165) is 28.8 Å². The van der Waals surface area contributed by atoms with Crippen LogP contribution in [0, 0.1) is 25.5 Å². The summed E-state index contributed by atoms with van der Waals surface area (Å²) in [4.78, 5) is 17.6. The highest BCUT2D eigenvalue weighted by atomic mass is 19.2. The van der Waals surface area contributed by atoms with Gasteiger partial charge in [0.15, 0.2) is 11.6 Å². The molecule has 1 saturated heterocycles. The maximum atomic E-state index is 13.7. The molecule has 0 atom stereocenters. The van der Waals surface area contributed by atoms with E-state index in [1.807, 2.05) is 60.6 Å². The number of carbonyl (C=O) groups excluding carboxylic acids is 1. The number of piperazine rings is 1. The molecular formula is C26H29F2N3O2. The molecule has 3 aromatic rings. The molecule has 1 aromatic heterocycles. The van der Waals surface area contributed by atoms with E-state index < -0.39 is 11.6 Å². The molecule has 0 N–H and O–H groups in total. The number of amides is 1. The number of hydrogen-bond donors (Lipinski definition) is 0. The van der Waals surface area contributed by atoms with E-state index in [-0.39, 0.29) is 5.91 Å². The molecule has 1 aliphatic rings. The average molecular weight is 454 g/mol. The maximum Gasteiger partial charge on any atom is 0.270 e. The van der Waals surface area contributed by atoms with E-state index in [0.29, 0.717) is 50.6 Å². The van der Waals surface area contributed by atoms with Gasteiger partial charge in [-0.3, -0.25) is 4.79 Å². The Balaban J connectivity index is 1.51. The predicted molar refractivity (Wildman–Crippen MR) is 125 cm³/mol. The van der Waals surface area contributed by atoms with Gasteiger partial charge in [-0.05, 0) is 62.2 Å². The maximum absolute atomic E-state index is 13.7. The molecule has 33 heavy (non-hydrogen) atoms. The number of halogens is 2. The highest BCUT2D eigenvalue weighted by molar-refractivity contribution is 5.94. The Morgan fingerprint density at radius 3 is 2.39 bits per heavy atom. The summed E-state index contributed by atoms with van der Waals surface area (Å²) < 4.78 is 34.7. The molecular weight excluding hydrogens is 424 g/mol. The third-order valence-electron chi connectivity index (χ3n) is 6.09. The molecule has 0 unspecified atom stereocenters. The Bertz CT molecular complexity index is 1150. The van der Waals surface area contributed by atoms with Gasteiger partial charge in [0, 0.05) is 38.4 Å². The second kappa shape index (κ2) is 9.65. The molecule has 0 bridgehead atoms. The lowest BCUT2D eigenvalue weighted by molar-refractivity contribution is 0.0735. The van der Waals surface area contributed by atoms with Gasteiger partial charge >= 0.3 is 0 Å². The highest BCUT2D eigenvalue weighted by Gasteiger charge is 2.27. The second-order valence-electron chi connectivity index (χ2n) is 8.33. The van der Waals surface area contributed by atoms with Crippen molar-refractivity contribution >= 4 is 11.6 Å². The standard InChI is InChI=1S/C26H29F2N3O2/c1-4-33-24-8-6-5-7-23(24)29-11-13-30(14-12-29)26(32)25-18(2)15-19(3)31(25)17-20-9-10-21(27)22(28)16-20/h5-10,15-16H,4,11-14,17H2,1-3H3. The van der Waals surface area contributed by atoms with Crippen molar-refractivity contribution in [2.75, 3.05) is 37.7 Å². The molecule has 5 nitrogen and oxygen atoms in total. The molecule has 1 amide bonds. The number of nitrogens with zero attached hydrogens (tertiary/aromatic N) is 3. The zero-order chi connectivity index (χ0) is 23.5. The molecule has 0 saturated carbocycles. The Morgan fingerprint density at radius 2 is 1.70 bits per heavy atom. The fourth-order valence-corrected chi connectivity index (χ4v) is 4.45. The lowest BCUT2D eigenvalue weighted by Gasteiger charge is -2.37. The molecule has 2 heterocycles. The van der Waals surface area contributed by atoms with Crippen LogP contribution in [0.3, 0.4) is 0 Å². The smallest absolute Gasteiger partial charge is 0.270 e. The normalized spacial score (nSPS) is 14.0. The lowest BCUT2D eigenvalue weighted by Crippen LogP contribution is -2.49. The number of anilines is 1. The van der Waals surface area contributed by atoms with Crippen molar-refractivity contribution in [1.82, 2.24) is 9.47 Å². The van der Waals surface area contributed by atoms with Crippen molar-refractivity contribution in [1.29, 1.82) is 0 Å². The van der Waals surface area contributed by atoms with Crippen molar-refractivity contribution in [3.05, 3.63) is 82.7 Å². The van der Waals surface area contributed by atoms with Gasteiger partial charge in [-0.25, -0.2) is 8.78 Å². The first-order chi connectivity index (χ1) is 15.9. The Labute approximate surface area is 193 Å². The van der Waals surface area contributed by atoms with Crippen LogP contribution in [-0.2, 0) is 6.54 Å². The van der Waals surface area contributed by atoms with E-state index in [9.17, 15) is 13.6 Å². The molecule has 0 spiro atoms. The summed E-state index contributed by atoms with van der Waals surface area (Å²) in [6.45, 7) is 9.30. The van der Waals surface area contributed by atoms with Gasteiger partial charge in [-0.15, -0.1) is 0 Å². The van der Waals surface area contributed by atoms with Crippen LogP contribution in [-0.4, -0.2) is 48.2 Å². The third kappa shape index (κ3) is 4.72. The van der Waals surface area contributed by atoms with Crippen LogP contribution in [0.5, 0.6) is 5.75 Å². The fourth-order valence-electron chi connectivity index (χ4n) is 4.45. The monoisotopic (exact) mass is 453 g/mol. The van der Waals surface area contributed by atoms with Gasteiger partial charge in [0.1, 0.15) is 11.4 Å². The Kier molecular flexibility index (Phi) is 6.67. The first-order valence-electron chi connectivity index (χ1n) is 11.3. The van der Waals surface area contributed by atoms with Gasteiger partial charge in [-0.2, -0.15) is 0 Å². The van der Waals surface area contributed by atoms with E-state index in [1.54, 1.807) is 6.07 Å². The molecule has 1 aliphatic heterocycles. The topological polar surface area (TPSA) is 37.7 Å². The number of aromatic nitrogens is 1. The molecule has 174 valence electrons. The van der Waals surface area contributed by atoms with Crippen LogP contribution >= 0.6 is 0 Å². The molecule has 0 radical (unpaired) electrons. The summed E-state index contributed by atoms with van der Waals surface area (Å²) >= 11 is 0. The van der Waals surface area contributed by atoms with Crippen LogP contribution in [0.15, 0.2) is 48.5 Å². The molecule has 4 rings (SSSR count). The second-order valence-corrected chi connectivity index (χ2v) is 8.33. The molecule has 0 aliphatic carbocycles. The summed E-state index contributed by atoms with van der Waals surface area (Å²) in [6, 6.07) is 13.8. The van der Waals surface area contributed by atoms with Crippen molar-refractivity contribution < 1.29 is 18.3 Å².